The molecule has 0 saturated carbocycles. The molecule has 1 aliphatic rings. The van der Waals surface area contributed by atoms with Crippen molar-refractivity contribution in [3.8, 4) is 0 Å². The third-order valence-electron chi connectivity index (χ3n) is 3.32. The molecular weight excluding hydrogens is 246 g/mol. The molecule has 4 heteroatoms. The van der Waals surface area contributed by atoms with Crippen LogP contribution in [0, 0.1) is 0 Å². The third kappa shape index (κ3) is 2.64. The maximum Gasteiger partial charge on any atom is 0.0703 e. The fraction of sp³-hybridized carbons (Fsp3) is 0.357. The van der Waals surface area contributed by atoms with Gasteiger partial charge in [-0.2, -0.15) is 0 Å². The van der Waals surface area contributed by atoms with E-state index in [0.717, 1.165) is 48.6 Å². The Balaban J connectivity index is 1.83. The third-order valence-corrected chi connectivity index (χ3v) is 3.55. The molecule has 1 N–H and O–H groups in total. The zero-order valence-corrected chi connectivity index (χ0v) is 11.0. The number of aromatic nitrogens is 1. The summed E-state index contributed by atoms with van der Waals surface area (Å²) in [5, 5.41) is 5.25. The van der Waals surface area contributed by atoms with Crippen LogP contribution in [0.15, 0.2) is 30.5 Å². The van der Waals surface area contributed by atoms with Crippen molar-refractivity contribution in [1.29, 1.82) is 0 Å². The predicted molar refractivity (Wildman–Crippen MR) is 74.9 cm³/mol. The number of nitrogens with zero attached hydrogens (tertiary/aromatic N) is 2. The van der Waals surface area contributed by atoms with Crippen molar-refractivity contribution >= 4 is 22.5 Å². The predicted octanol–water partition coefficient (Wildman–Crippen LogP) is 2.29. The molecule has 1 aromatic carbocycles. The van der Waals surface area contributed by atoms with Crippen LogP contribution in [0.5, 0.6) is 0 Å². The van der Waals surface area contributed by atoms with Crippen LogP contribution in [0.25, 0.3) is 10.9 Å². The molecule has 1 aliphatic heterocycles. The number of hydrogen-bond donors (Lipinski definition) is 1. The molecule has 0 bridgehead atoms. The summed E-state index contributed by atoms with van der Waals surface area (Å²) in [6, 6.07) is 8.01. The first kappa shape index (κ1) is 11.9. The van der Waals surface area contributed by atoms with E-state index >= 15 is 0 Å². The SMILES string of the molecule is Clc1ccc2ncc(CN3CCNCC3)cc2c1. The summed E-state index contributed by atoms with van der Waals surface area (Å²) < 4.78 is 0. The summed E-state index contributed by atoms with van der Waals surface area (Å²) in [5.74, 6) is 0. The van der Waals surface area contributed by atoms with Gasteiger partial charge < -0.3 is 5.32 Å². The van der Waals surface area contributed by atoms with Gasteiger partial charge in [0, 0.05) is 49.3 Å². The van der Waals surface area contributed by atoms with E-state index in [-0.39, 0.29) is 0 Å². The highest BCUT2D eigenvalue weighted by molar-refractivity contribution is 6.31. The molecule has 1 saturated heterocycles. The lowest BCUT2D eigenvalue weighted by Gasteiger charge is -2.27. The molecule has 0 unspecified atom stereocenters. The van der Waals surface area contributed by atoms with Crippen molar-refractivity contribution in [2.45, 2.75) is 6.54 Å². The van der Waals surface area contributed by atoms with E-state index in [2.05, 4.69) is 21.3 Å². The summed E-state index contributed by atoms with van der Waals surface area (Å²) in [7, 11) is 0. The average molecular weight is 262 g/mol. The quantitative estimate of drug-likeness (QED) is 0.899. The minimum atomic E-state index is 0.767. The first-order valence-electron chi connectivity index (χ1n) is 6.28. The monoisotopic (exact) mass is 261 g/mol. The number of halogens is 1. The highest BCUT2D eigenvalue weighted by Crippen LogP contribution is 2.19. The lowest BCUT2D eigenvalue weighted by atomic mass is 10.1. The van der Waals surface area contributed by atoms with Gasteiger partial charge in [0.15, 0.2) is 0 Å². The highest BCUT2D eigenvalue weighted by atomic mass is 35.5. The van der Waals surface area contributed by atoms with Gasteiger partial charge in [-0.15, -0.1) is 0 Å². The van der Waals surface area contributed by atoms with Gasteiger partial charge in [0.2, 0.25) is 0 Å². The van der Waals surface area contributed by atoms with E-state index in [4.69, 9.17) is 11.6 Å². The molecule has 0 radical (unpaired) electrons. The van der Waals surface area contributed by atoms with E-state index in [0.29, 0.717) is 0 Å². The molecule has 1 fully saturated rings. The number of piperazine rings is 1. The van der Waals surface area contributed by atoms with Gasteiger partial charge in [-0.25, -0.2) is 0 Å². The molecule has 18 heavy (non-hydrogen) atoms. The number of pyridine rings is 1. The van der Waals surface area contributed by atoms with Gasteiger partial charge >= 0.3 is 0 Å². The summed E-state index contributed by atoms with van der Waals surface area (Å²) >= 11 is 6.02. The van der Waals surface area contributed by atoms with Crippen LogP contribution < -0.4 is 5.32 Å². The summed E-state index contributed by atoms with van der Waals surface area (Å²) in [6.45, 7) is 5.33. The normalized spacial score (nSPS) is 17.2. The lowest BCUT2D eigenvalue weighted by molar-refractivity contribution is 0.233. The zero-order chi connectivity index (χ0) is 12.4. The Hall–Kier alpha value is -1.16. The van der Waals surface area contributed by atoms with Crippen LogP contribution in [0.1, 0.15) is 5.56 Å². The maximum atomic E-state index is 6.02. The minimum absolute atomic E-state index is 0.767. The Morgan fingerprint density at radius 3 is 2.89 bits per heavy atom. The summed E-state index contributed by atoms with van der Waals surface area (Å²) in [4.78, 5) is 6.94. The van der Waals surface area contributed by atoms with Crippen LogP contribution in [0.4, 0.5) is 0 Å². The zero-order valence-electron chi connectivity index (χ0n) is 10.2. The largest absolute Gasteiger partial charge is 0.314 e. The van der Waals surface area contributed by atoms with Crippen molar-refractivity contribution in [1.82, 2.24) is 15.2 Å². The molecule has 0 atom stereocenters. The standard InChI is InChI=1S/C14H16ClN3/c15-13-1-2-14-12(8-13)7-11(9-17-14)10-18-5-3-16-4-6-18/h1-2,7-9,16H,3-6,10H2. The van der Waals surface area contributed by atoms with Crippen molar-refractivity contribution in [2.24, 2.45) is 0 Å². The summed E-state index contributed by atoms with van der Waals surface area (Å²) in [5.41, 5.74) is 2.26. The Morgan fingerprint density at radius 1 is 1.22 bits per heavy atom. The minimum Gasteiger partial charge on any atom is -0.314 e. The number of nitrogens with one attached hydrogen (secondary N) is 1. The van der Waals surface area contributed by atoms with Gasteiger partial charge in [0.05, 0.1) is 5.52 Å². The molecule has 2 aromatic rings. The van der Waals surface area contributed by atoms with E-state index in [1.54, 1.807) is 0 Å². The molecule has 1 aromatic heterocycles. The Kier molecular flexibility index (Phi) is 3.46. The molecule has 0 aliphatic carbocycles. The van der Waals surface area contributed by atoms with Crippen LogP contribution in [0.3, 0.4) is 0 Å². The summed E-state index contributed by atoms with van der Waals surface area (Å²) in [6.07, 6.45) is 1.97. The lowest BCUT2D eigenvalue weighted by Crippen LogP contribution is -2.42. The van der Waals surface area contributed by atoms with E-state index in [9.17, 15) is 0 Å². The van der Waals surface area contributed by atoms with Crippen LogP contribution in [-0.2, 0) is 6.54 Å². The second kappa shape index (κ2) is 5.22. The van der Waals surface area contributed by atoms with E-state index < -0.39 is 0 Å². The number of benzene rings is 1. The van der Waals surface area contributed by atoms with Crippen molar-refractivity contribution in [3.05, 3.63) is 41.0 Å². The highest BCUT2D eigenvalue weighted by Gasteiger charge is 2.10. The molecular formula is C14H16ClN3. The molecule has 3 nitrogen and oxygen atoms in total. The van der Waals surface area contributed by atoms with Gasteiger partial charge in [-0.05, 0) is 29.8 Å². The molecule has 2 heterocycles. The Labute approximate surface area is 112 Å². The van der Waals surface area contributed by atoms with E-state index in [1.165, 1.54) is 5.56 Å². The van der Waals surface area contributed by atoms with Crippen molar-refractivity contribution < 1.29 is 0 Å². The van der Waals surface area contributed by atoms with Gasteiger partial charge in [0.25, 0.3) is 0 Å². The molecule has 0 amide bonds. The molecule has 3 rings (SSSR count). The van der Waals surface area contributed by atoms with Crippen LogP contribution in [-0.4, -0.2) is 36.1 Å². The van der Waals surface area contributed by atoms with Crippen molar-refractivity contribution in [3.63, 3.8) is 0 Å². The number of rotatable bonds is 2. The molecule has 0 spiro atoms. The average Bonchev–Trinajstić information content (AvgIpc) is 2.39. The Morgan fingerprint density at radius 2 is 2.06 bits per heavy atom. The number of hydrogen-bond acceptors (Lipinski definition) is 3. The first-order chi connectivity index (χ1) is 8.81. The smallest absolute Gasteiger partial charge is 0.0703 e. The van der Waals surface area contributed by atoms with Crippen LogP contribution in [0.2, 0.25) is 5.02 Å². The van der Waals surface area contributed by atoms with Crippen molar-refractivity contribution in [2.75, 3.05) is 26.2 Å². The Bertz CT molecular complexity index is 550. The second-order valence-corrected chi connectivity index (χ2v) is 5.14. The topological polar surface area (TPSA) is 28.2 Å². The van der Waals surface area contributed by atoms with Gasteiger partial charge in [-0.3, -0.25) is 9.88 Å². The first-order valence-corrected chi connectivity index (χ1v) is 6.66. The maximum absolute atomic E-state index is 6.02. The second-order valence-electron chi connectivity index (χ2n) is 4.71. The van der Waals surface area contributed by atoms with Crippen LogP contribution >= 0.6 is 11.6 Å². The number of fused-ring (bicyclic) bond motifs is 1. The molecule has 94 valence electrons. The van der Waals surface area contributed by atoms with Gasteiger partial charge in [0.1, 0.15) is 0 Å². The van der Waals surface area contributed by atoms with Gasteiger partial charge in [-0.1, -0.05) is 11.6 Å². The van der Waals surface area contributed by atoms with E-state index in [1.807, 2.05) is 24.4 Å². The fourth-order valence-corrected chi connectivity index (χ4v) is 2.54. The fourth-order valence-electron chi connectivity index (χ4n) is 2.36.